The molecule has 1 atom stereocenters. The first kappa shape index (κ1) is 17.8. The SMILES string of the molecule is COC(=O)C1=C(C(C)C)NC(=S)N[C@@H]1c1ccc(OCC#N)cc1. The zero-order valence-electron chi connectivity index (χ0n) is 13.8. The van der Waals surface area contributed by atoms with Gasteiger partial charge in [-0.15, -0.1) is 0 Å². The van der Waals surface area contributed by atoms with E-state index in [1.54, 1.807) is 12.1 Å². The van der Waals surface area contributed by atoms with Crippen molar-refractivity contribution in [2.45, 2.75) is 19.9 Å². The Balaban J connectivity index is 2.41. The second-order valence-electron chi connectivity index (χ2n) is 5.52. The average Bonchev–Trinajstić information content (AvgIpc) is 2.58. The van der Waals surface area contributed by atoms with Crippen LogP contribution in [0.15, 0.2) is 35.5 Å². The van der Waals surface area contributed by atoms with Gasteiger partial charge in [0.1, 0.15) is 11.8 Å². The lowest BCUT2D eigenvalue weighted by molar-refractivity contribution is -0.136. The van der Waals surface area contributed by atoms with Crippen LogP contribution < -0.4 is 15.4 Å². The van der Waals surface area contributed by atoms with Gasteiger partial charge in [-0.3, -0.25) is 0 Å². The molecule has 0 saturated carbocycles. The maximum absolute atomic E-state index is 12.3. The van der Waals surface area contributed by atoms with E-state index < -0.39 is 12.0 Å². The van der Waals surface area contributed by atoms with E-state index in [1.807, 2.05) is 32.0 Å². The highest BCUT2D eigenvalue weighted by atomic mass is 32.1. The number of esters is 1. The fourth-order valence-electron chi connectivity index (χ4n) is 2.50. The van der Waals surface area contributed by atoms with E-state index in [-0.39, 0.29) is 12.5 Å². The molecule has 1 aliphatic rings. The Morgan fingerprint density at radius 2 is 2.04 bits per heavy atom. The summed E-state index contributed by atoms with van der Waals surface area (Å²) in [6.45, 7) is 3.95. The van der Waals surface area contributed by atoms with E-state index in [2.05, 4.69) is 10.6 Å². The van der Waals surface area contributed by atoms with Crippen molar-refractivity contribution >= 4 is 23.3 Å². The van der Waals surface area contributed by atoms with Crippen molar-refractivity contribution in [3.63, 3.8) is 0 Å². The maximum atomic E-state index is 12.3. The van der Waals surface area contributed by atoms with E-state index in [1.165, 1.54) is 7.11 Å². The van der Waals surface area contributed by atoms with Gasteiger partial charge in [0.25, 0.3) is 0 Å². The minimum absolute atomic E-state index is 0.0140. The van der Waals surface area contributed by atoms with E-state index in [0.717, 1.165) is 11.3 Å². The minimum Gasteiger partial charge on any atom is -0.479 e. The summed E-state index contributed by atoms with van der Waals surface area (Å²) in [6, 6.07) is 8.68. The fraction of sp³-hybridized carbons (Fsp3) is 0.353. The Kier molecular flexibility index (Phi) is 5.77. The molecule has 0 aromatic heterocycles. The predicted molar refractivity (Wildman–Crippen MR) is 93.0 cm³/mol. The molecule has 0 saturated heterocycles. The molecule has 2 N–H and O–H groups in total. The average molecular weight is 345 g/mol. The smallest absolute Gasteiger partial charge is 0.337 e. The Labute approximate surface area is 146 Å². The van der Waals surface area contributed by atoms with Crippen LogP contribution in [-0.2, 0) is 9.53 Å². The Morgan fingerprint density at radius 1 is 1.38 bits per heavy atom. The third kappa shape index (κ3) is 3.84. The third-order valence-corrected chi connectivity index (χ3v) is 3.82. The number of methoxy groups -OCH3 is 1. The van der Waals surface area contributed by atoms with E-state index in [9.17, 15) is 4.79 Å². The van der Waals surface area contributed by atoms with Crippen LogP contribution in [0.3, 0.4) is 0 Å². The van der Waals surface area contributed by atoms with Gasteiger partial charge in [-0.1, -0.05) is 26.0 Å². The van der Waals surface area contributed by atoms with Crippen molar-refractivity contribution in [1.29, 1.82) is 5.26 Å². The molecule has 0 bridgehead atoms. The molecule has 0 spiro atoms. The first-order valence-electron chi connectivity index (χ1n) is 7.47. The molecule has 0 radical (unpaired) electrons. The predicted octanol–water partition coefficient (Wildman–Crippen LogP) is 2.19. The summed E-state index contributed by atoms with van der Waals surface area (Å²) in [5.41, 5.74) is 2.11. The van der Waals surface area contributed by atoms with Gasteiger partial charge in [0.15, 0.2) is 11.7 Å². The molecule has 6 nitrogen and oxygen atoms in total. The molecule has 1 aliphatic heterocycles. The van der Waals surface area contributed by atoms with Crippen LogP contribution in [0.4, 0.5) is 0 Å². The minimum atomic E-state index is -0.409. The van der Waals surface area contributed by atoms with Gasteiger partial charge < -0.3 is 20.1 Å². The Hall–Kier alpha value is -2.59. The monoisotopic (exact) mass is 345 g/mol. The molecule has 7 heteroatoms. The van der Waals surface area contributed by atoms with Crippen molar-refractivity contribution in [2.75, 3.05) is 13.7 Å². The lowest BCUT2D eigenvalue weighted by Gasteiger charge is -2.32. The zero-order valence-corrected chi connectivity index (χ0v) is 14.6. The molecule has 1 aromatic rings. The molecular weight excluding hydrogens is 326 g/mol. The van der Waals surface area contributed by atoms with Gasteiger partial charge in [0.2, 0.25) is 0 Å². The van der Waals surface area contributed by atoms with Gasteiger partial charge >= 0.3 is 5.97 Å². The first-order chi connectivity index (χ1) is 11.5. The molecule has 24 heavy (non-hydrogen) atoms. The molecule has 126 valence electrons. The second-order valence-corrected chi connectivity index (χ2v) is 5.93. The molecule has 0 aliphatic carbocycles. The number of benzene rings is 1. The summed E-state index contributed by atoms with van der Waals surface area (Å²) in [5.74, 6) is 0.264. The molecule has 0 amide bonds. The topological polar surface area (TPSA) is 83.4 Å². The number of hydrogen-bond donors (Lipinski definition) is 2. The van der Waals surface area contributed by atoms with Crippen molar-refractivity contribution in [3.8, 4) is 11.8 Å². The summed E-state index contributed by atoms with van der Waals surface area (Å²) in [4.78, 5) is 12.3. The molecule has 1 aromatic carbocycles. The van der Waals surface area contributed by atoms with Crippen molar-refractivity contribution in [3.05, 3.63) is 41.1 Å². The van der Waals surface area contributed by atoms with Crippen LogP contribution in [-0.4, -0.2) is 24.8 Å². The van der Waals surface area contributed by atoms with Crippen LogP contribution in [0.5, 0.6) is 5.75 Å². The largest absolute Gasteiger partial charge is 0.479 e. The van der Waals surface area contributed by atoms with Crippen LogP contribution >= 0.6 is 12.2 Å². The van der Waals surface area contributed by atoms with Gasteiger partial charge in [-0.05, 0) is 35.8 Å². The van der Waals surface area contributed by atoms with Crippen molar-refractivity contribution in [1.82, 2.24) is 10.6 Å². The first-order valence-corrected chi connectivity index (χ1v) is 7.88. The summed E-state index contributed by atoms with van der Waals surface area (Å²) in [7, 11) is 1.36. The Morgan fingerprint density at radius 3 is 2.58 bits per heavy atom. The highest BCUT2D eigenvalue weighted by Gasteiger charge is 2.33. The normalized spacial score (nSPS) is 17.0. The summed E-state index contributed by atoms with van der Waals surface area (Å²) in [5, 5.41) is 15.2. The van der Waals surface area contributed by atoms with Crippen molar-refractivity contribution in [2.24, 2.45) is 5.92 Å². The number of thiocarbonyl (C=S) groups is 1. The summed E-state index contributed by atoms with van der Waals surface area (Å²) in [6.07, 6.45) is 0. The number of carbonyl (C=O) groups is 1. The highest BCUT2D eigenvalue weighted by Crippen LogP contribution is 2.31. The van der Waals surface area contributed by atoms with Crippen molar-refractivity contribution < 1.29 is 14.3 Å². The van der Waals surface area contributed by atoms with Crippen LogP contribution in [0.25, 0.3) is 0 Å². The van der Waals surface area contributed by atoms with E-state index >= 15 is 0 Å². The number of nitrogens with one attached hydrogen (secondary N) is 2. The fourth-order valence-corrected chi connectivity index (χ4v) is 2.73. The maximum Gasteiger partial charge on any atom is 0.337 e. The van der Waals surface area contributed by atoms with E-state index in [0.29, 0.717) is 16.4 Å². The quantitative estimate of drug-likeness (QED) is 0.625. The number of ether oxygens (including phenoxy) is 2. The summed E-state index contributed by atoms with van der Waals surface area (Å²) >= 11 is 5.27. The van der Waals surface area contributed by atoms with Crippen LogP contribution in [0, 0.1) is 17.2 Å². The molecule has 1 heterocycles. The van der Waals surface area contributed by atoms with E-state index in [4.69, 9.17) is 27.0 Å². The molecule has 0 fully saturated rings. The van der Waals surface area contributed by atoms with Gasteiger partial charge in [0.05, 0.1) is 18.7 Å². The van der Waals surface area contributed by atoms with Gasteiger partial charge in [-0.2, -0.15) is 5.26 Å². The standard InChI is InChI=1S/C17H19N3O3S/c1-10(2)14-13(16(21)22-3)15(20-17(24)19-14)11-4-6-12(7-5-11)23-9-8-18/h4-7,10,15H,9H2,1-3H3,(H2,19,20,24)/t15-/m1/s1. The number of carbonyl (C=O) groups excluding carboxylic acids is 1. The number of hydrogen-bond acceptors (Lipinski definition) is 5. The Bertz CT molecular complexity index is 705. The molecular formula is C17H19N3O3S. The third-order valence-electron chi connectivity index (χ3n) is 3.60. The van der Waals surface area contributed by atoms with Crippen LogP contribution in [0.1, 0.15) is 25.5 Å². The summed E-state index contributed by atoms with van der Waals surface area (Å²) < 4.78 is 10.2. The zero-order chi connectivity index (χ0) is 17.7. The number of rotatable bonds is 5. The van der Waals surface area contributed by atoms with Gasteiger partial charge in [-0.25, -0.2) is 4.79 Å². The lowest BCUT2D eigenvalue weighted by atomic mass is 9.91. The molecule has 0 unspecified atom stereocenters. The lowest BCUT2D eigenvalue weighted by Crippen LogP contribution is -2.46. The number of allylic oxidation sites excluding steroid dienone is 1. The molecule has 2 rings (SSSR count). The number of nitrogens with zero attached hydrogens (tertiary/aromatic N) is 1. The second kappa shape index (κ2) is 7.79. The van der Waals surface area contributed by atoms with Gasteiger partial charge in [0, 0.05) is 5.70 Å². The number of nitriles is 1. The highest BCUT2D eigenvalue weighted by molar-refractivity contribution is 7.80. The van der Waals surface area contributed by atoms with Crippen LogP contribution in [0.2, 0.25) is 0 Å².